The molecule has 0 saturated carbocycles. The van der Waals surface area contributed by atoms with Crippen LogP contribution in [0.3, 0.4) is 0 Å². The van der Waals surface area contributed by atoms with Gasteiger partial charge in [0.15, 0.2) is 0 Å². The van der Waals surface area contributed by atoms with Crippen molar-refractivity contribution in [1.29, 1.82) is 0 Å². The number of nitrogens with zero attached hydrogens (tertiary/aromatic N) is 3. The van der Waals surface area contributed by atoms with Crippen molar-refractivity contribution >= 4 is 40.6 Å². The van der Waals surface area contributed by atoms with Gasteiger partial charge in [-0.25, -0.2) is 9.97 Å². The maximum atomic E-state index is 5.44. The number of nitrogens with one attached hydrogen (secondary N) is 3. The van der Waals surface area contributed by atoms with Gasteiger partial charge in [-0.1, -0.05) is 12.1 Å². The summed E-state index contributed by atoms with van der Waals surface area (Å²) < 4.78 is 8.53. The fraction of sp³-hybridized carbons (Fsp3) is 0.238. The number of hydrogen-bond donors (Lipinski definition) is 3. The van der Waals surface area contributed by atoms with Crippen molar-refractivity contribution in [3.8, 4) is 0 Å². The second kappa shape index (κ2) is 9.60. The van der Waals surface area contributed by atoms with E-state index in [9.17, 15) is 0 Å². The molecular weight excluding hydrogens is 384 g/mol. The van der Waals surface area contributed by atoms with Crippen molar-refractivity contribution in [2.24, 2.45) is 0 Å². The van der Waals surface area contributed by atoms with E-state index in [0.717, 1.165) is 54.2 Å². The highest BCUT2D eigenvalue weighted by Crippen LogP contribution is 2.25. The van der Waals surface area contributed by atoms with Crippen molar-refractivity contribution in [2.45, 2.75) is 4.90 Å². The molecule has 1 saturated heterocycles. The summed E-state index contributed by atoms with van der Waals surface area (Å²) in [4.78, 5) is 12.2. The van der Waals surface area contributed by atoms with Crippen LogP contribution in [0.1, 0.15) is 0 Å². The molecule has 7 nitrogen and oxygen atoms in total. The largest absolute Gasteiger partial charge is 0.378 e. The van der Waals surface area contributed by atoms with Crippen molar-refractivity contribution < 1.29 is 4.74 Å². The molecule has 1 aliphatic rings. The molecular formula is C21H24N6OS. The number of hydrogen-bond acceptors (Lipinski definition) is 8. The molecule has 1 aromatic heterocycles. The predicted molar refractivity (Wildman–Crippen MR) is 119 cm³/mol. The average Bonchev–Trinajstić information content (AvgIpc) is 2.75. The molecule has 2 heterocycles. The van der Waals surface area contributed by atoms with Crippen LogP contribution in [0, 0.1) is 0 Å². The molecule has 3 N–H and O–H groups in total. The minimum absolute atomic E-state index is 0.735. The minimum Gasteiger partial charge on any atom is -0.378 e. The summed E-state index contributed by atoms with van der Waals surface area (Å²) in [6.07, 6.45) is 1.56. The molecule has 1 aliphatic heterocycles. The van der Waals surface area contributed by atoms with Crippen molar-refractivity contribution in [2.75, 3.05) is 48.9 Å². The van der Waals surface area contributed by atoms with Gasteiger partial charge in [0.2, 0.25) is 0 Å². The number of aromatic nitrogens is 2. The molecule has 8 heteroatoms. The van der Waals surface area contributed by atoms with Gasteiger partial charge in [-0.2, -0.15) is 0 Å². The zero-order valence-corrected chi connectivity index (χ0v) is 17.1. The van der Waals surface area contributed by atoms with Gasteiger partial charge in [0.05, 0.1) is 13.2 Å². The molecule has 1 fully saturated rings. The third kappa shape index (κ3) is 5.38. The lowest BCUT2D eigenvalue weighted by atomic mass is 10.2. The topological polar surface area (TPSA) is 74.3 Å². The Morgan fingerprint density at radius 1 is 0.897 bits per heavy atom. The molecule has 0 atom stereocenters. The van der Waals surface area contributed by atoms with Gasteiger partial charge < -0.3 is 20.3 Å². The fourth-order valence-electron chi connectivity index (χ4n) is 3.15. The monoisotopic (exact) mass is 408 g/mol. The summed E-state index contributed by atoms with van der Waals surface area (Å²) in [7, 11) is 1.90. The standard InChI is InChI=1S/C21H24N6OS/c1-22-29-19-7-3-5-17(13-19)26-21-14-20(23-15-24-21)25-16-4-2-6-18(12-16)27-8-10-28-11-9-27/h2-7,12-15,22H,8-11H2,1H3,(H2,23,24,25,26). The lowest BCUT2D eigenvalue weighted by molar-refractivity contribution is 0.122. The maximum Gasteiger partial charge on any atom is 0.135 e. The van der Waals surface area contributed by atoms with Gasteiger partial charge in [0, 0.05) is 41.1 Å². The zero-order valence-electron chi connectivity index (χ0n) is 16.3. The van der Waals surface area contributed by atoms with Crippen molar-refractivity contribution in [3.05, 3.63) is 60.9 Å². The Morgan fingerprint density at radius 2 is 1.59 bits per heavy atom. The Hall–Kier alpha value is -2.81. The summed E-state index contributed by atoms with van der Waals surface area (Å²) in [5.41, 5.74) is 3.15. The summed E-state index contributed by atoms with van der Waals surface area (Å²) >= 11 is 1.57. The molecule has 0 spiro atoms. The second-order valence-corrected chi connectivity index (χ2v) is 7.61. The Kier molecular flexibility index (Phi) is 6.45. The van der Waals surface area contributed by atoms with Gasteiger partial charge in [0.25, 0.3) is 0 Å². The van der Waals surface area contributed by atoms with Crippen LogP contribution in [0.4, 0.5) is 28.7 Å². The first-order valence-electron chi connectivity index (χ1n) is 9.53. The van der Waals surface area contributed by atoms with Crippen molar-refractivity contribution in [3.63, 3.8) is 0 Å². The fourth-order valence-corrected chi connectivity index (χ4v) is 3.72. The normalized spacial score (nSPS) is 13.9. The molecule has 0 amide bonds. The van der Waals surface area contributed by atoms with Crippen LogP contribution in [-0.2, 0) is 4.74 Å². The number of benzene rings is 2. The van der Waals surface area contributed by atoms with E-state index >= 15 is 0 Å². The molecule has 2 aromatic carbocycles. The first-order valence-corrected chi connectivity index (χ1v) is 10.3. The maximum absolute atomic E-state index is 5.44. The SMILES string of the molecule is CNSc1cccc(Nc2cc(Nc3cccc(N4CCOCC4)c3)ncn2)c1. The second-order valence-electron chi connectivity index (χ2n) is 6.52. The molecule has 29 heavy (non-hydrogen) atoms. The smallest absolute Gasteiger partial charge is 0.135 e. The van der Waals surface area contributed by atoms with Gasteiger partial charge >= 0.3 is 0 Å². The minimum atomic E-state index is 0.735. The van der Waals surface area contributed by atoms with E-state index in [1.807, 2.05) is 31.3 Å². The van der Waals surface area contributed by atoms with Gasteiger partial charge in [-0.05, 0) is 55.4 Å². The molecule has 0 aliphatic carbocycles. The highest BCUT2D eigenvalue weighted by molar-refractivity contribution is 7.97. The molecule has 0 unspecified atom stereocenters. The first-order chi connectivity index (χ1) is 14.3. The van der Waals surface area contributed by atoms with E-state index < -0.39 is 0 Å². The zero-order chi connectivity index (χ0) is 19.9. The van der Waals surface area contributed by atoms with Crippen LogP contribution in [0.2, 0.25) is 0 Å². The van der Waals surface area contributed by atoms with Crippen LogP contribution < -0.4 is 20.3 Å². The highest BCUT2D eigenvalue weighted by Gasteiger charge is 2.11. The van der Waals surface area contributed by atoms with Crippen LogP contribution >= 0.6 is 11.9 Å². The number of rotatable bonds is 7. The van der Waals surface area contributed by atoms with E-state index in [0.29, 0.717) is 0 Å². The summed E-state index contributed by atoms with van der Waals surface area (Å²) in [5.74, 6) is 1.47. The Labute approximate surface area is 175 Å². The predicted octanol–water partition coefficient (Wildman–Crippen LogP) is 4.03. The molecule has 150 valence electrons. The molecule has 4 rings (SSSR count). The highest BCUT2D eigenvalue weighted by atomic mass is 32.2. The Balaban J connectivity index is 1.46. The molecule has 3 aromatic rings. The van der Waals surface area contributed by atoms with Gasteiger partial charge in [0.1, 0.15) is 18.0 Å². The van der Waals surface area contributed by atoms with Crippen LogP contribution in [-0.4, -0.2) is 43.3 Å². The quantitative estimate of drug-likeness (QED) is 0.506. The molecule has 0 radical (unpaired) electrons. The van der Waals surface area contributed by atoms with Crippen LogP contribution in [0.5, 0.6) is 0 Å². The lowest BCUT2D eigenvalue weighted by Crippen LogP contribution is -2.36. The number of ether oxygens (including phenoxy) is 1. The van der Waals surface area contributed by atoms with Crippen LogP contribution in [0.25, 0.3) is 0 Å². The Bertz CT molecular complexity index is 948. The van der Waals surface area contributed by atoms with E-state index in [-0.39, 0.29) is 0 Å². The summed E-state index contributed by atoms with van der Waals surface area (Å²) in [6.45, 7) is 3.37. The van der Waals surface area contributed by atoms with E-state index in [1.54, 1.807) is 18.3 Å². The summed E-state index contributed by atoms with van der Waals surface area (Å²) in [5, 5.41) is 6.72. The van der Waals surface area contributed by atoms with Crippen LogP contribution in [0.15, 0.2) is 65.8 Å². The van der Waals surface area contributed by atoms with Gasteiger partial charge in [-0.15, -0.1) is 0 Å². The lowest BCUT2D eigenvalue weighted by Gasteiger charge is -2.29. The average molecular weight is 409 g/mol. The van der Waals surface area contributed by atoms with Gasteiger partial charge in [-0.3, -0.25) is 4.72 Å². The Morgan fingerprint density at radius 3 is 2.31 bits per heavy atom. The van der Waals surface area contributed by atoms with E-state index in [2.05, 4.69) is 60.6 Å². The summed E-state index contributed by atoms with van der Waals surface area (Å²) in [6, 6.07) is 18.4. The third-order valence-electron chi connectivity index (χ3n) is 4.49. The number of morpholine rings is 1. The number of anilines is 5. The molecule has 0 bridgehead atoms. The van der Waals surface area contributed by atoms with E-state index in [1.165, 1.54) is 5.69 Å². The van der Waals surface area contributed by atoms with Crippen molar-refractivity contribution in [1.82, 2.24) is 14.7 Å². The third-order valence-corrected chi connectivity index (χ3v) is 5.18. The first kappa shape index (κ1) is 19.5. The van der Waals surface area contributed by atoms with E-state index in [4.69, 9.17) is 4.74 Å².